The summed E-state index contributed by atoms with van der Waals surface area (Å²) in [5, 5.41) is 17.6. The van der Waals surface area contributed by atoms with Crippen molar-refractivity contribution in [3.8, 4) is 0 Å². The van der Waals surface area contributed by atoms with E-state index in [0.29, 0.717) is 28.2 Å². The van der Waals surface area contributed by atoms with Crippen molar-refractivity contribution in [2.45, 2.75) is 86.0 Å². The van der Waals surface area contributed by atoms with Crippen molar-refractivity contribution in [3.63, 3.8) is 0 Å². The Balaban J connectivity index is 1.80. The number of fused-ring (bicyclic) bond motifs is 1. The first-order chi connectivity index (χ1) is 18.1. The van der Waals surface area contributed by atoms with Gasteiger partial charge in [-0.2, -0.15) is 5.10 Å². The van der Waals surface area contributed by atoms with Gasteiger partial charge in [0.25, 0.3) is 5.91 Å². The number of carbonyl (C=O) groups excluding carboxylic acids is 1. The summed E-state index contributed by atoms with van der Waals surface area (Å²) in [7, 11) is 0. The van der Waals surface area contributed by atoms with Crippen LogP contribution in [0.5, 0.6) is 0 Å². The highest BCUT2D eigenvalue weighted by Gasteiger charge is 2.35. The van der Waals surface area contributed by atoms with Crippen molar-refractivity contribution in [3.05, 3.63) is 69.9 Å². The summed E-state index contributed by atoms with van der Waals surface area (Å²) < 4.78 is 21.2. The lowest BCUT2D eigenvalue weighted by atomic mass is 9.77. The number of amides is 1. The van der Waals surface area contributed by atoms with E-state index in [0.717, 1.165) is 30.4 Å². The van der Waals surface area contributed by atoms with Crippen LogP contribution in [-0.2, 0) is 16.1 Å². The first kappa shape index (κ1) is 28.4. The van der Waals surface area contributed by atoms with E-state index in [1.165, 1.54) is 6.07 Å². The highest BCUT2D eigenvalue weighted by Crippen LogP contribution is 2.41. The lowest BCUT2D eigenvalue weighted by Crippen LogP contribution is -2.29. The van der Waals surface area contributed by atoms with E-state index in [9.17, 15) is 19.1 Å². The van der Waals surface area contributed by atoms with Gasteiger partial charge >= 0.3 is 5.97 Å². The summed E-state index contributed by atoms with van der Waals surface area (Å²) >= 11 is 0. The maximum Gasteiger partial charge on any atom is 0.337 e. The molecule has 0 saturated heterocycles. The summed E-state index contributed by atoms with van der Waals surface area (Å²) in [4.78, 5) is 30.2. The molecule has 208 valence electrons. The SMILES string of the molecule is Cc1cc(CNC(=O)c2cc3nc(C)c(C(OC(C)(C)C)C(=O)O)c(C4=CCC(C)(C)CC4)n3n2)ccc1F. The van der Waals surface area contributed by atoms with Gasteiger partial charge in [0.05, 0.1) is 11.3 Å². The number of nitrogens with one attached hydrogen (secondary N) is 1. The van der Waals surface area contributed by atoms with Crippen LogP contribution in [0.2, 0.25) is 0 Å². The normalized spacial score (nSPS) is 16.2. The first-order valence-electron chi connectivity index (χ1n) is 13.2. The van der Waals surface area contributed by atoms with E-state index in [1.807, 2.05) is 20.8 Å². The van der Waals surface area contributed by atoms with Gasteiger partial charge < -0.3 is 15.2 Å². The molecule has 0 saturated carbocycles. The van der Waals surface area contributed by atoms with Crippen LogP contribution in [0.15, 0.2) is 30.3 Å². The molecule has 1 aliphatic rings. The molecule has 4 rings (SSSR count). The van der Waals surface area contributed by atoms with Crippen molar-refractivity contribution in [2.24, 2.45) is 5.41 Å². The van der Waals surface area contributed by atoms with Gasteiger partial charge in [0.2, 0.25) is 0 Å². The Morgan fingerprint density at radius 1 is 1.23 bits per heavy atom. The minimum atomic E-state index is -1.27. The zero-order chi connectivity index (χ0) is 28.7. The van der Waals surface area contributed by atoms with Gasteiger partial charge in [-0.25, -0.2) is 18.7 Å². The monoisotopic (exact) mass is 536 g/mol. The van der Waals surface area contributed by atoms with Crippen LogP contribution < -0.4 is 5.32 Å². The van der Waals surface area contributed by atoms with E-state index in [4.69, 9.17) is 4.74 Å². The predicted molar refractivity (Wildman–Crippen MR) is 147 cm³/mol. The van der Waals surface area contributed by atoms with Crippen LogP contribution in [0, 0.1) is 25.1 Å². The van der Waals surface area contributed by atoms with Crippen LogP contribution in [-0.4, -0.2) is 37.2 Å². The third-order valence-corrected chi connectivity index (χ3v) is 6.97. The second-order valence-corrected chi connectivity index (χ2v) is 12.1. The molecule has 1 aliphatic carbocycles. The molecule has 3 aromatic rings. The van der Waals surface area contributed by atoms with Crippen LogP contribution in [0.1, 0.15) is 98.6 Å². The molecule has 2 aromatic heterocycles. The standard InChI is InChI=1S/C30H37FN4O4/c1-17-14-19(8-9-21(17)31)16-32-27(36)22-15-23-33-18(2)24(26(28(37)38)39-29(3,4)5)25(35(23)34-22)20-10-12-30(6,7)13-11-20/h8-10,14-15,26H,11-13,16H2,1-7H3,(H,32,36)(H,37,38). The number of aliphatic carboxylic acids is 1. The Morgan fingerprint density at radius 2 is 1.95 bits per heavy atom. The van der Waals surface area contributed by atoms with E-state index in [-0.39, 0.29) is 23.5 Å². The number of hydrogen-bond acceptors (Lipinski definition) is 5. The van der Waals surface area contributed by atoms with E-state index >= 15 is 0 Å². The van der Waals surface area contributed by atoms with Gasteiger partial charge in [-0.1, -0.05) is 32.1 Å². The molecule has 0 fully saturated rings. The van der Waals surface area contributed by atoms with Gasteiger partial charge in [0.15, 0.2) is 17.4 Å². The quantitative estimate of drug-likeness (QED) is 0.387. The van der Waals surface area contributed by atoms with Crippen LogP contribution in [0.3, 0.4) is 0 Å². The molecule has 1 amide bonds. The number of nitrogens with zero attached hydrogens (tertiary/aromatic N) is 3. The number of carbonyl (C=O) groups is 2. The molecule has 2 heterocycles. The lowest BCUT2D eigenvalue weighted by Gasteiger charge is -2.31. The second-order valence-electron chi connectivity index (χ2n) is 12.1. The van der Waals surface area contributed by atoms with E-state index in [2.05, 4.69) is 35.3 Å². The van der Waals surface area contributed by atoms with E-state index in [1.54, 1.807) is 36.6 Å². The van der Waals surface area contributed by atoms with Crippen LogP contribution in [0.25, 0.3) is 11.2 Å². The maximum atomic E-state index is 13.6. The molecular formula is C30H37FN4O4. The predicted octanol–water partition coefficient (Wildman–Crippen LogP) is 5.95. The molecule has 39 heavy (non-hydrogen) atoms. The minimum absolute atomic E-state index is 0.132. The number of aryl methyl sites for hydroxylation is 2. The van der Waals surface area contributed by atoms with Crippen molar-refractivity contribution in [2.75, 3.05) is 0 Å². The highest BCUT2D eigenvalue weighted by molar-refractivity contribution is 5.93. The number of carboxylic acid groups (broad SMARTS) is 1. The number of halogens is 1. The molecule has 0 spiro atoms. The van der Waals surface area contributed by atoms with Crippen molar-refractivity contribution < 1.29 is 23.8 Å². The number of carboxylic acids is 1. The summed E-state index contributed by atoms with van der Waals surface area (Å²) in [5.41, 5.74) is 3.78. The Hall–Kier alpha value is -3.59. The second kappa shape index (κ2) is 10.5. The van der Waals surface area contributed by atoms with Crippen molar-refractivity contribution >= 4 is 23.1 Å². The Morgan fingerprint density at radius 3 is 2.54 bits per heavy atom. The van der Waals surface area contributed by atoms with Gasteiger partial charge in [0, 0.05) is 23.9 Å². The Bertz CT molecular complexity index is 1470. The summed E-state index contributed by atoms with van der Waals surface area (Å²) in [6, 6.07) is 6.28. The number of benzene rings is 1. The van der Waals surface area contributed by atoms with Gasteiger partial charge in [0.1, 0.15) is 5.82 Å². The van der Waals surface area contributed by atoms with Crippen molar-refractivity contribution in [1.82, 2.24) is 19.9 Å². The molecule has 0 aliphatic heterocycles. The molecule has 0 bridgehead atoms. The largest absolute Gasteiger partial charge is 0.479 e. The fourth-order valence-corrected chi connectivity index (χ4v) is 4.83. The topological polar surface area (TPSA) is 106 Å². The number of aromatic nitrogens is 3. The number of allylic oxidation sites excluding steroid dienone is 2. The molecule has 8 nitrogen and oxygen atoms in total. The average molecular weight is 537 g/mol. The molecule has 1 aromatic carbocycles. The summed E-state index contributed by atoms with van der Waals surface area (Å²) in [6.45, 7) is 13.5. The highest BCUT2D eigenvalue weighted by atomic mass is 19.1. The fraction of sp³-hybridized carbons (Fsp3) is 0.467. The molecule has 1 atom stereocenters. The van der Waals surface area contributed by atoms with Crippen LogP contribution >= 0.6 is 0 Å². The third kappa shape index (κ3) is 6.36. The van der Waals surface area contributed by atoms with Gasteiger partial charge in [-0.15, -0.1) is 0 Å². The van der Waals surface area contributed by atoms with Crippen LogP contribution in [0.4, 0.5) is 4.39 Å². The maximum absolute atomic E-state index is 13.6. The Labute approximate surface area is 228 Å². The third-order valence-electron chi connectivity index (χ3n) is 6.97. The molecular weight excluding hydrogens is 499 g/mol. The minimum Gasteiger partial charge on any atom is -0.479 e. The molecule has 1 unspecified atom stereocenters. The smallest absolute Gasteiger partial charge is 0.337 e. The first-order valence-corrected chi connectivity index (χ1v) is 13.2. The zero-order valence-corrected chi connectivity index (χ0v) is 23.7. The average Bonchev–Trinajstić information content (AvgIpc) is 3.25. The number of ether oxygens (including phenoxy) is 1. The number of hydrogen-bond donors (Lipinski definition) is 2. The molecule has 9 heteroatoms. The van der Waals surface area contributed by atoms with E-state index < -0.39 is 23.6 Å². The number of rotatable bonds is 7. The summed E-state index contributed by atoms with van der Waals surface area (Å²) in [5.74, 6) is -1.83. The molecule has 2 N–H and O–H groups in total. The Kier molecular flexibility index (Phi) is 7.67. The van der Waals surface area contributed by atoms with Crippen molar-refractivity contribution in [1.29, 1.82) is 0 Å². The lowest BCUT2D eigenvalue weighted by molar-refractivity contribution is -0.160. The van der Waals surface area contributed by atoms with Gasteiger partial charge in [-0.3, -0.25) is 4.79 Å². The fourth-order valence-electron chi connectivity index (χ4n) is 4.83. The summed E-state index contributed by atoms with van der Waals surface area (Å²) in [6.07, 6.45) is 3.34. The molecule has 0 radical (unpaired) electrons. The van der Waals surface area contributed by atoms with Gasteiger partial charge in [-0.05, 0) is 82.1 Å². The zero-order valence-electron chi connectivity index (χ0n) is 23.7.